The molecule has 12 aromatic rings. The van der Waals surface area contributed by atoms with E-state index in [1.54, 1.807) is 73.7 Å². The van der Waals surface area contributed by atoms with E-state index >= 15 is 0 Å². The molecule has 0 spiro atoms. The Kier molecular flexibility index (Phi) is 41.4. The van der Waals surface area contributed by atoms with E-state index in [4.69, 9.17) is 34.8 Å². The van der Waals surface area contributed by atoms with Gasteiger partial charge < -0.3 is 63.8 Å². The molecule has 0 unspecified atom stereocenters. The largest absolute Gasteiger partial charge is 0.367 e. The molecule has 6 amide bonds. The molecule has 6 aliphatic carbocycles. The summed E-state index contributed by atoms with van der Waals surface area (Å²) in [7, 11) is 0. The van der Waals surface area contributed by atoms with Crippen molar-refractivity contribution >= 4 is 139 Å². The van der Waals surface area contributed by atoms with Crippen molar-refractivity contribution in [3.8, 4) is 0 Å². The van der Waals surface area contributed by atoms with Crippen molar-refractivity contribution in [1.29, 1.82) is 0 Å². The van der Waals surface area contributed by atoms with Crippen molar-refractivity contribution < 1.29 is 33.2 Å². The first-order valence-electron chi connectivity index (χ1n) is 50.7. The van der Waals surface area contributed by atoms with Crippen molar-refractivity contribution in [2.45, 2.75) is 291 Å². The minimum atomic E-state index is -0.460. The SMILES string of the molecule is Cc1c(Cl)cc(NC(=O)c2cc(NC3CCCCC3)ncn2)cc1Cl.Cc1cc(C)c(NC(=O)c2cc(NC3CCCCC3)ncn2)cc1C.Cc1ccc(NC(=O)c2cc(NC3CCCCC3)ncn2)c(C)c1C.Cc1ccc(NC(=O)c2cc(NC3CCCCC3)ncn2)c(Cl)c1.Cc1ccc(NC(=O)c2cc(NC3CCCCC3)ncn2)c(F)c1.O=C(Nc1ccccc1)c1cc(NC2CCCCC2)ncn1. The molecule has 0 bridgehead atoms. The Labute approximate surface area is 864 Å². The minimum Gasteiger partial charge on any atom is -0.367 e. The summed E-state index contributed by atoms with van der Waals surface area (Å²) in [4.78, 5) is 124. The Morgan fingerprint density at radius 1 is 0.241 bits per heavy atom. The van der Waals surface area contributed by atoms with Crippen molar-refractivity contribution in [3.05, 3.63) is 283 Å². The maximum Gasteiger partial charge on any atom is 0.274 e. The third-order valence-corrected chi connectivity index (χ3v) is 28.0. The van der Waals surface area contributed by atoms with Crippen LogP contribution >= 0.6 is 34.8 Å². The number of hydrogen-bond donors (Lipinski definition) is 12. The van der Waals surface area contributed by atoms with Crippen LogP contribution in [0.3, 0.4) is 0 Å². The van der Waals surface area contributed by atoms with Gasteiger partial charge in [0.05, 0.1) is 16.4 Å². The number of nitrogens with zero attached hydrogens (tertiary/aromatic N) is 12. The Hall–Kier alpha value is -13.8. The van der Waals surface area contributed by atoms with Crippen LogP contribution in [0.25, 0.3) is 0 Å². The van der Waals surface area contributed by atoms with Crippen molar-refractivity contribution in [3.63, 3.8) is 0 Å². The predicted molar refractivity (Wildman–Crippen MR) is 579 cm³/mol. The lowest BCUT2D eigenvalue weighted by Crippen LogP contribution is -2.23. The number of hydrogen-bond acceptors (Lipinski definition) is 24. The summed E-state index contributed by atoms with van der Waals surface area (Å²) in [5.41, 5.74) is 15.2. The topological polar surface area (TPSA) is 401 Å². The molecule has 762 valence electrons. The number of halogens is 4. The van der Waals surface area contributed by atoms with Gasteiger partial charge in [0.2, 0.25) is 0 Å². The van der Waals surface area contributed by atoms with E-state index < -0.39 is 11.7 Å². The lowest BCUT2D eigenvalue weighted by atomic mass is 9.95. The zero-order chi connectivity index (χ0) is 103. The molecular weight excluding hydrogens is 1890 g/mol. The standard InChI is InChI=1S/2C20H26N4O.C18H20Cl2N4O.C18H21ClN4O.C18H21FN4O.C17H20N4O/c1-13-9-15(3)17(10-14(13)2)24-20(25)18-11-19(22-12-21-18)23-16-7-5-4-6-8-16;1-13-9-10-17(15(3)14(13)2)24-20(25)18-11-19(22-12-21-18)23-16-7-5-4-6-8-16;1-11-14(19)7-13(8-15(11)20)24-18(25)16-9-17(22-10-21-16)23-12-5-3-2-4-6-12;2*1-12-7-8-15(14(19)9-12)23-18(24)16-10-17(21-11-20-16)22-13-5-3-2-4-6-13;22-17(21-14-9-5-2-6-10-14)15-11-16(19-12-18-15)20-13-7-3-1-4-8-13/h2*9-12,16H,4-8H2,1-3H3,(H,24,25)(H,21,22,23);7-10,12H,2-6H2,1H3,(H,24,25)(H,21,22,23);2*7-11,13H,2-6H2,1H3,(H,23,24)(H,20,21,22);2,5-6,9-13H,1,3-4,7-8H2,(H,21,22)(H,18,19,20). The molecular formula is C111H134Cl3FN24O6. The second kappa shape index (κ2) is 55.3. The number of carbonyl (C=O) groups excluding carboxylic acids is 6. The quantitative estimate of drug-likeness (QED) is 0.0267. The van der Waals surface area contributed by atoms with Crippen molar-refractivity contribution in [2.24, 2.45) is 0 Å². The summed E-state index contributed by atoms with van der Waals surface area (Å²) in [6.45, 7) is 17.8. The van der Waals surface area contributed by atoms with Crippen LogP contribution in [0.2, 0.25) is 15.1 Å². The van der Waals surface area contributed by atoms with Gasteiger partial charge >= 0.3 is 0 Å². The molecule has 6 aliphatic rings. The summed E-state index contributed by atoms with van der Waals surface area (Å²) in [6.07, 6.45) is 44.9. The summed E-state index contributed by atoms with van der Waals surface area (Å²) >= 11 is 18.4. The fraction of sp³-hybridized carbons (Fsp3) is 0.405. The molecule has 34 heteroatoms. The molecule has 6 aromatic heterocycles. The van der Waals surface area contributed by atoms with Gasteiger partial charge in [-0.15, -0.1) is 0 Å². The number of amides is 6. The smallest absolute Gasteiger partial charge is 0.274 e. The summed E-state index contributed by atoms with van der Waals surface area (Å²) in [6, 6.07) is 43.7. The van der Waals surface area contributed by atoms with E-state index in [1.165, 1.54) is 176 Å². The second-order valence-electron chi connectivity index (χ2n) is 38.2. The lowest BCUT2D eigenvalue weighted by molar-refractivity contribution is 0.101. The van der Waals surface area contributed by atoms with Crippen LogP contribution in [0.5, 0.6) is 0 Å². The second-order valence-corrected chi connectivity index (χ2v) is 39.4. The van der Waals surface area contributed by atoms with Crippen LogP contribution in [-0.2, 0) is 0 Å². The fourth-order valence-electron chi connectivity index (χ4n) is 18.1. The number of para-hydroxylation sites is 1. The summed E-state index contributed by atoms with van der Waals surface area (Å²) < 4.78 is 13.9. The molecule has 0 atom stereocenters. The van der Waals surface area contributed by atoms with Crippen LogP contribution in [-0.4, -0.2) is 132 Å². The average molecular weight is 2030 g/mol. The van der Waals surface area contributed by atoms with Gasteiger partial charge in [0.1, 0.15) is 113 Å². The predicted octanol–water partition coefficient (Wildman–Crippen LogP) is 25.7. The van der Waals surface area contributed by atoms with E-state index in [0.29, 0.717) is 109 Å². The number of benzene rings is 6. The van der Waals surface area contributed by atoms with Gasteiger partial charge in [0.25, 0.3) is 35.4 Å². The first kappa shape index (κ1) is 108. The number of aromatic nitrogens is 12. The van der Waals surface area contributed by atoms with Gasteiger partial charge in [-0.2, -0.15) is 0 Å². The number of carbonyl (C=O) groups is 6. The highest BCUT2D eigenvalue weighted by Gasteiger charge is 2.25. The third kappa shape index (κ3) is 34.5. The highest BCUT2D eigenvalue weighted by molar-refractivity contribution is 6.36. The first-order valence-corrected chi connectivity index (χ1v) is 51.8. The van der Waals surface area contributed by atoms with Gasteiger partial charge in [0.15, 0.2) is 0 Å². The maximum atomic E-state index is 13.9. The summed E-state index contributed by atoms with van der Waals surface area (Å²) in [5, 5.41) is 38.8. The molecule has 18 rings (SSSR count). The van der Waals surface area contributed by atoms with Crippen LogP contribution in [0.4, 0.5) is 73.4 Å². The average Bonchev–Trinajstić information content (AvgIpc) is 0.809. The van der Waals surface area contributed by atoms with Gasteiger partial charge in [-0.3, -0.25) is 28.8 Å². The van der Waals surface area contributed by atoms with Gasteiger partial charge in [-0.1, -0.05) is 193 Å². The minimum absolute atomic E-state index is 0.144. The zero-order valence-electron chi connectivity index (χ0n) is 84.2. The molecule has 0 aliphatic heterocycles. The maximum absolute atomic E-state index is 13.9. The molecule has 6 saturated carbocycles. The normalized spacial score (nSPS) is 15.1. The van der Waals surface area contributed by atoms with Crippen molar-refractivity contribution in [1.82, 2.24) is 59.8 Å². The fourth-order valence-corrected chi connectivity index (χ4v) is 18.9. The van der Waals surface area contributed by atoms with Gasteiger partial charge in [-0.05, 0) is 250 Å². The lowest BCUT2D eigenvalue weighted by Gasteiger charge is -2.23. The Morgan fingerprint density at radius 3 is 0.855 bits per heavy atom. The zero-order valence-corrected chi connectivity index (χ0v) is 86.5. The van der Waals surface area contributed by atoms with E-state index in [9.17, 15) is 33.2 Å². The van der Waals surface area contributed by atoms with E-state index in [2.05, 4.69) is 150 Å². The Bertz CT molecular complexity index is 6130. The van der Waals surface area contributed by atoms with Crippen LogP contribution in [0.15, 0.2) is 177 Å². The van der Waals surface area contributed by atoms with Crippen LogP contribution in [0, 0.1) is 68.1 Å². The van der Waals surface area contributed by atoms with Gasteiger partial charge in [-0.25, -0.2) is 64.2 Å². The molecule has 6 aromatic carbocycles. The molecule has 0 saturated heterocycles. The van der Waals surface area contributed by atoms with E-state index in [-0.39, 0.29) is 40.9 Å². The molecule has 145 heavy (non-hydrogen) atoms. The number of anilines is 12. The van der Waals surface area contributed by atoms with Gasteiger partial charge in [0, 0.05) is 105 Å². The number of aryl methyl sites for hydroxylation is 6. The molecule has 6 heterocycles. The molecule has 12 N–H and O–H groups in total. The molecule has 0 radical (unpaired) electrons. The Morgan fingerprint density at radius 2 is 0.524 bits per heavy atom. The number of nitrogens with one attached hydrogen (secondary N) is 12. The highest BCUT2D eigenvalue weighted by Crippen LogP contribution is 2.34. The Balaban J connectivity index is 0.000000146. The molecule has 6 fully saturated rings. The van der Waals surface area contributed by atoms with Crippen LogP contribution in [0.1, 0.15) is 306 Å². The van der Waals surface area contributed by atoms with E-state index in [0.717, 1.165) is 145 Å². The highest BCUT2D eigenvalue weighted by atomic mass is 35.5. The summed E-state index contributed by atoms with van der Waals surface area (Å²) in [5.74, 6) is 1.99. The molecule has 30 nitrogen and oxygen atoms in total. The monoisotopic (exact) mass is 2020 g/mol. The first-order chi connectivity index (χ1) is 70.1. The third-order valence-electron chi connectivity index (χ3n) is 26.9. The van der Waals surface area contributed by atoms with Crippen LogP contribution < -0.4 is 63.8 Å². The van der Waals surface area contributed by atoms with E-state index in [1.807, 2.05) is 95.3 Å². The van der Waals surface area contributed by atoms with Crippen molar-refractivity contribution in [2.75, 3.05) is 63.8 Å². The number of rotatable bonds is 24.